The Kier molecular flexibility index (Phi) is 5.07. The van der Waals surface area contributed by atoms with Crippen LogP contribution in [0.5, 0.6) is 0 Å². The highest BCUT2D eigenvalue weighted by molar-refractivity contribution is 6.09. The third-order valence-electron chi connectivity index (χ3n) is 3.41. The van der Waals surface area contributed by atoms with E-state index < -0.39 is 0 Å². The van der Waals surface area contributed by atoms with E-state index in [0.717, 1.165) is 0 Å². The zero-order chi connectivity index (χ0) is 17.5. The first-order valence-electron chi connectivity index (χ1n) is 7.70. The Morgan fingerprint density at radius 3 is 2.16 bits per heavy atom. The van der Waals surface area contributed by atoms with Gasteiger partial charge < -0.3 is 15.1 Å². The molecule has 1 aromatic heterocycles. The van der Waals surface area contributed by atoms with Crippen LogP contribution in [0.1, 0.15) is 16.1 Å². The van der Waals surface area contributed by atoms with Crippen LogP contribution in [0.25, 0.3) is 6.08 Å². The van der Waals surface area contributed by atoms with Gasteiger partial charge in [-0.2, -0.15) is 0 Å². The van der Waals surface area contributed by atoms with Gasteiger partial charge in [0.1, 0.15) is 5.76 Å². The number of nitrogens with one attached hydrogen (secondary N) is 2. The van der Waals surface area contributed by atoms with E-state index in [1.807, 2.05) is 6.07 Å². The van der Waals surface area contributed by atoms with Crippen molar-refractivity contribution in [2.24, 2.45) is 0 Å². The Balaban J connectivity index is 1.70. The molecular weight excluding hydrogens is 316 g/mol. The highest BCUT2D eigenvalue weighted by atomic mass is 16.3. The minimum absolute atomic E-state index is 0.242. The Bertz CT molecular complexity index is 884. The van der Waals surface area contributed by atoms with Crippen LogP contribution in [0.15, 0.2) is 83.5 Å². The van der Waals surface area contributed by atoms with Crippen molar-refractivity contribution in [1.29, 1.82) is 0 Å². The van der Waals surface area contributed by atoms with Gasteiger partial charge in [0, 0.05) is 11.6 Å². The van der Waals surface area contributed by atoms with Gasteiger partial charge in [0.05, 0.1) is 17.6 Å². The number of anilines is 2. The minimum Gasteiger partial charge on any atom is -0.465 e. The van der Waals surface area contributed by atoms with Gasteiger partial charge >= 0.3 is 0 Å². The van der Waals surface area contributed by atoms with E-state index in [4.69, 9.17) is 4.42 Å². The molecule has 0 aliphatic carbocycles. The third-order valence-corrected chi connectivity index (χ3v) is 3.41. The second-order valence-corrected chi connectivity index (χ2v) is 5.20. The van der Waals surface area contributed by atoms with Crippen molar-refractivity contribution in [2.75, 3.05) is 10.6 Å². The van der Waals surface area contributed by atoms with E-state index in [1.165, 1.54) is 12.3 Å². The maximum atomic E-state index is 12.3. The largest absolute Gasteiger partial charge is 0.465 e. The molecular formula is C20H16N2O3. The summed E-state index contributed by atoms with van der Waals surface area (Å²) < 4.78 is 5.14. The molecule has 124 valence electrons. The number of furan rings is 1. The van der Waals surface area contributed by atoms with Crippen molar-refractivity contribution in [3.63, 3.8) is 0 Å². The Morgan fingerprint density at radius 1 is 0.800 bits per heavy atom. The van der Waals surface area contributed by atoms with Crippen molar-refractivity contribution in [3.8, 4) is 0 Å². The molecule has 3 aromatic rings. The molecule has 1 heterocycles. The monoisotopic (exact) mass is 332 g/mol. The molecule has 2 N–H and O–H groups in total. The summed E-state index contributed by atoms with van der Waals surface area (Å²) in [6, 6.07) is 19.4. The lowest BCUT2D eigenvalue weighted by molar-refractivity contribution is -0.111. The van der Waals surface area contributed by atoms with Gasteiger partial charge in [-0.1, -0.05) is 30.3 Å². The van der Waals surface area contributed by atoms with Gasteiger partial charge in [-0.3, -0.25) is 9.59 Å². The number of carbonyl (C=O) groups is 2. The van der Waals surface area contributed by atoms with Crippen LogP contribution in [0, 0.1) is 0 Å². The molecule has 0 atom stereocenters. The number of benzene rings is 2. The van der Waals surface area contributed by atoms with E-state index in [2.05, 4.69) is 10.6 Å². The standard InChI is InChI=1S/C20H16N2O3/c23-19(13-12-16-9-6-14-25-16)21-17-10-4-5-11-18(17)22-20(24)15-7-2-1-3-8-15/h1-14H,(H,21,23)(H,22,24). The second-order valence-electron chi connectivity index (χ2n) is 5.20. The summed E-state index contributed by atoms with van der Waals surface area (Å²) >= 11 is 0. The predicted octanol–water partition coefficient (Wildman–Crippen LogP) is 4.18. The van der Waals surface area contributed by atoms with Crippen LogP contribution < -0.4 is 10.6 Å². The van der Waals surface area contributed by atoms with Gasteiger partial charge in [0.15, 0.2) is 0 Å². The molecule has 0 saturated carbocycles. The molecule has 0 spiro atoms. The highest BCUT2D eigenvalue weighted by Crippen LogP contribution is 2.22. The molecule has 0 bridgehead atoms. The molecule has 0 fully saturated rings. The fourth-order valence-corrected chi connectivity index (χ4v) is 2.20. The summed E-state index contributed by atoms with van der Waals surface area (Å²) in [5.74, 6) is 0.0204. The highest BCUT2D eigenvalue weighted by Gasteiger charge is 2.09. The zero-order valence-corrected chi connectivity index (χ0v) is 13.3. The van der Waals surface area contributed by atoms with E-state index in [9.17, 15) is 9.59 Å². The zero-order valence-electron chi connectivity index (χ0n) is 13.3. The van der Waals surface area contributed by atoms with E-state index in [-0.39, 0.29) is 11.8 Å². The average molecular weight is 332 g/mol. The van der Waals surface area contributed by atoms with Crippen molar-refractivity contribution in [3.05, 3.63) is 90.4 Å². The Labute approximate surface area is 145 Å². The molecule has 0 aliphatic heterocycles. The second kappa shape index (κ2) is 7.79. The Morgan fingerprint density at radius 2 is 1.48 bits per heavy atom. The van der Waals surface area contributed by atoms with Gasteiger partial charge in [0.25, 0.3) is 5.91 Å². The summed E-state index contributed by atoms with van der Waals surface area (Å²) in [7, 11) is 0. The van der Waals surface area contributed by atoms with Crippen molar-refractivity contribution in [1.82, 2.24) is 0 Å². The summed E-state index contributed by atoms with van der Waals surface area (Å²) in [5, 5.41) is 5.55. The molecule has 0 unspecified atom stereocenters. The van der Waals surface area contributed by atoms with Gasteiger partial charge in [-0.15, -0.1) is 0 Å². The van der Waals surface area contributed by atoms with Crippen molar-refractivity contribution >= 4 is 29.3 Å². The van der Waals surface area contributed by atoms with Crippen LogP contribution in [0.3, 0.4) is 0 Å². The number of hydrogen-bond acceptors (Lipinski definition) is 3. The molecule has 2 aromatic carbocycles. The van der Waals surface area contributed by atoms with E-state index >= 15 is 0 Å². The van der Waals surface area contributed by atoms with Gasteiger partial charge in [-0.25, -0.2) is 0 Å². The van der Waals surface area contributed by atoms with Crippen molar-refractivity contribution in [2.45, 2.75) is 0 Å². The summed E-state index contributed by atoms with van der Waals surface area (Å²) in [6.07, 6.45) is 4.47. The Hall–Kier alpha value is -3.60. The lowest BCUT2D eigenvalue weighted by Gasteiger charge is -2.11. The number of amides is 2. The van der Waals surface area contributed by atoms with Crippen LogP contribution in [-0.2, 0) is 4.79 Å². The molecule has 0 saturated heterocycles. The lowest BCUT2D eigenvalue weighted by Crippen LogP contribution is -2.15. The van der Waals surface area contributed by atoms with E-state index in [0.29, 0.717) is 22.7 Å². The first kappa shape index (κ1) is 16.3. The van der Waals surface area contributed by atoms with Crippen molar-refractivity contribution < 1.29 is 14.0 Å². The first-order chi connectivity index (χ1) is 12.2. The molecule has 5 heteroatoms. The van der Waals surface area contributed by atoms with Gasteiger partial charge in [0.2, 0.25) is 5.91 Å². The quantitative estimate of drug-likeness (QED) is 0.688. The summed E-state index contributed by atoms with van der Waals surface area (Å²) in [4.78, 5) is 24.3. The molecule has 0 aliphatic rings. The van der Waals surface area contributed by atoms with Crippen LogP contribution >= 0.6 is 0 Å². The molecule has 0 radical (unpaired) electrons. The number of carbonyl (C=O) groups excluding carboxylic acids is 2. The third kappa shape index (κ3) is 4.45. The summed E-state index contributed by atoms with van der Waals surface area (Å²) in [6.45, 7) is 0. The SMILES string of the molecule is O=C(C=Cc1ccco1)Nc1ccccc1NC(=O)c1ccccc1. The number of hydrogen-bond donors (Lipinski definition) is 2. The normalized spacial score (nSPS) is 10.6. The van der Waals surface area contributed by atoms with E-state index in [1.54, 1.807) is 66.7 Å². The number of rotatable bonds is 5. The first-order valence-corrected chi connectivity index (χ1v) is 7.70. The summed E-state index contributed by atoms with van der Waals surface area (Å²) in [5.41, 5.74) is 1.58. The average Bonchev–Trinajstić information content (AvgIpc) is 3.16. The van der Waals surface area contributed by atoms with Crippen LogP contribution in [0.2, 0.25) is 0 Å². The van der Waals surface area contributed by atoms with Crippen LogP contribution in [0.4, 0.5) is 11.4 Å². The maximum absolute atomic E-state index is 12.3. The predicted molar refractivity (Wildman–Crippen MR) is 97.2 cm³/mol. The molecule has 2 amide bonds. The number of para-hydroxylation sites is 2. The molecule has 5 nitrogen and oxygen atoms in total. The lowest BCUT2D eigenvalue weighted by atomic mass is 10.2. The van der Waals surface area contributed by atoms with Gasteiger partial charge in [-0.05, 0) is 42.5 Å². The smallest absolute Gasteiger partial charge is 0.255 e. The molecule has 25 heavy (non-hydrogen) atoms. The minimum atomic E-state index is -0.321. The topological polar surface area (TPSA) is 71.3 Å². The fraction of sp³-hybridized carbons (Fsp3) is 0. The van der Waals surface area contributed by atoms with Crippen LogP contribution in [-0.4, -0.2) is 11.8 Å². The molecule has 3 rings (SSSR count). The maximum Gasteiger partial charge on any atom is 0.255 e. The fourth-order valence-electron chi connectivity index (χ4n) is 2.20.